The van der Waals surface area contributed by atoms with E-state index in [4.69, 9.17) is 0 Å². The predicted molar refractivity (Wildman–Crippen MR) is 120 cm³/mol. The Balaban J connectivity index is 1.55. The molecule has 0 radical (unpaired) electrons. The van der Waals surface area contributed by atoms with Crippen LogP contribution in [0.5, 0.6) is 0 Å². The topological polar surface area (TPSA) is 89.2 Å². The molecule has 1 fully saturated rings. The number of nitro groups is 1. The monoisotopic (exact) mass is 470 g/mol. The van der Waals surface area contributed by atoms with Gasteiger partial charge in [-0.3, -0.25) is 14.9 Å². The molecule has 10 heteroatoms. The van der Waals surface area contributed by atoms with Gasteiger partial charge in [0.25, 0.3) is 5.69 Å². The third kappa shape index (κ3) is 5.22. The summed E-state index contributed by atoms with van der Waals surface area (Å²) in [6.45, 7) is 1.66. The Morgan fingerprint density at radius 1 is 1.03 bits per heavy atom. The van der Waals surface area contributed by atoms with Gasteiger partial charge in [0.05, 0.1) is 16.1 Å². The van der Waals surface area contributed by atoms with Crippen LogP contribution in [0.4, 0.5) is 24.5 Å². The number of benzene rings is 2. The fourth-order valence-corrected chi connectivity index (χ4v) is 3.97. The van der Waals surface area contributed by atoms with E-state index in [0.717, 1.165) is 50.2 Å². The molecule has 176 valence electrons. The molecule has 0 amide bonds. The number of hydrogen-bond acceptors (Lipinski definition) is 6. The van der Waals surface area contributed by atoms with Crippen molar-refractivity contribution in [3.63, 3.8) is 0 Å². The summed E-state index contributed by atoms with van der Waals surface area (Å²) in [7, 11) is 0. The molecule has 0 unspecified atom stereocenters. The average Bonchev–Trinajstić information content (AvgIpc) is 2.84. The number of ketones is 1. The zero-order valence-corrected chi connectivity index (χ0v) is 18.1. The summed E-state index contributed by atoms with van der Waals surface area (Å²) in [6, 6.07) is 9.22. The van der Waals surface area contributed by atoms with Crippen LogP contribution in [-0.4, -0.2) is 33.8 Å². The lowest BCUT2D eigenvalue weighted by Crippen LogP contribution is -2.29. The highest BCUT2D eigenvalue weighted by atomic mass is 19.4. The Morgan fingerprint density at radius 3 is 2.38 bits per heavy atom. The molecule has 0 spiro atoms. The van der Waals surface area contributed by atoms with E-state index in [1.165, 1.54) is 30.6 Å². The molecule has 0 saturated carbocycles. The summed E-state index contributed by atoms with van der Waals surface area (Å²) in [6.07, 6.45) is 1.21. The lowest BCUT2D eigenvalue weighted by molar-refractivity contribution is -0.385. The van der Waals surface area contributed by atoms with Gasteiger partial charge >= 0.3 is 6.18 Å². The van der Waals surface area contributed by atoms with Crippen LogP contribution >= 0.6 is 0 Å². The van der Waals surface area contributed by atoms with Crippen molar-refractivity contribution in [2.75, 3.05) is 18.0 Å². The summed E-state index contributed by atoms with van der Waals surface area (Å²) in [5, 5.41) is 11.5. The van der Waals surface area contributed by atoms with E-state index in [2.05, 4.69) is 14.9 Å². The van der Waals surface area contributed by atoms with Gasteiger partial charge in [-0.05, 0) is 49.1 Å². The molecule has 4 rings (SSSR count). The van der Waals surface area contributed by atoms with E-state index in [9.17, 15) is 28.1 Å². The van der Waals surface area contributed by atoms with Gasteiger partial charge in [-0.15, -0.1) is 0 Å². The van der Waals surface area contributed by atoms with E-state index in [1.54, 1.807) is 12.1 Å². The van der Waals surface area contributed by atoms with Crippen LogP contribution in [0, 0.1) is 10.1 Å². The van der Waals surface area contributed by atoms with E-state index in [-0.39, 0.29) is 29.1 Å². The minimum atomic E-state index is -4.49. The van der Waals surface area contributed by atoms with Crippen LogP contribution in [-0.2, 0) is 12.6 Å². The van der Waals surface area contributed by atoms with Crippen molar-refractivity contribution in [3.8, 4) is 11.4 Å². The molecule has 1 aliphatic heterocycles. The molecule has 1 saturated heterocycles. The van der Waals surface area contributed by atoms with Crippen molar-refractivity contribution < 1.29 is 22.9 Å². The second-order valence-electron chi connectivity index (χ2n) is 8.10. The number of carbonyl (C=O) groups is 1. The lowest BCUT2D eigenvalue weighted by Gasteiger charge is -2.29. The summed E-state index contributed by atoms with van der Waals surface area (Å²) in [4.78, 5) is 34.2. The number of Topliss-reactive ketones (excluding diaryl/α,β-unsaturated/α-hetero) is 1. The highest BCUT2D eigenvalue weighted by Gasteiger charge is 2.30. The number of aromatic nitrogens is 2. The Morgan fingerprint density at radius 2 is 1.74 bits per heavy atom. The number of carbonyl (C=O) groups excluding carboxylic acids is 1. The third-order valence-electron chi connectivity index (χ3n) is 5.72. The number of anilines is 1. The molecule has 1 aliphatic rings. The van der Waals surface area contributed by atoms with E-state index < -0.39 is 22.4 Å². The van der Waals surface area contributed by atoms with Gasteiger partial charge in [-0.2, -0.15) is 13.2 Å². The molecule has 7 nitrogen and oxygen atoms in total. The van der Waals surface area contributed by atoms with Crippen molar-refractivity contribution in [2.24, 2.45) is 0 Å². The smallest absolute Gasteiger partial charge is 0.372 e. The number of piperidine rings is 1. The van der Waals surface area contributed by atoms with E-state index in [1.807, 2.05) is 0 Å². The first-order valence-corrected chi connectivity index (χ1v) is 10.8. The third-order valence-corrected chi connectivity index (χ3v) is 5.72. The SMILES string of the molecule is O=C(Cc1cnc(-c2cccc(C(F)(F)F)c2)nc1)c1cc(N2CCCCC2)ccc1[N+](=O)[O-]. The van der Waals surface area contributed by atoms with Crippen LogP contribution in [0.2, 0.25) is 0 Å². The molecule has 0 atom stereocenters. The van der Waals surface area contributed by atoms with Crippen molar-refractivity contribution in [1.29, 1.82) is 0 Å². The van der Waals surface area contributed by atoms with Gasteiger partial charge in [0, 0.05) is 49.2 Å². The molecular weight excluding hydrogens is 449 g/mol. The molecule has 2 heterocycles. The second kappa shape index (κ2) is 9.58. The van der Waals surface area contributed by atoms with Crippen LogP contribution in [0.3, 0.4) is 0 Å². The van der Waals surface area contributed by atoms with Crippen LogP contribution in [0.1, 0.15) is 40.7 Å². The summed E-state index contributed by atoms with van der Waals surface area (Å²) in [5.41, 5.74) is 0.289. The normalized spacial score (nSPS) is 14.1. The number of alkyl halides is 3. The standard InChI is InChI=1S/C24H21F3N4O3/c25-24(26,27)18-6-4-5-17(12-18)23-28-14-16(15-29-23)11-22(32)20-13-19(7-8-21(20)31(33)34)30-9-2-1-3-10-30/h4-8,12-15H,1-3,9-11H2. The van der Waals surface area contributed by atoms with Gasteiger partial charge in [-0.25, -0.2) is 9.97 Å². The highest BCUT2D eigenvalue weighted by molar-refractivity contribution is 6.02. The van der Waals surface area contributed by atoms with Crippen LogP contribution in [0.15, 0.2) is 54.9 Å². The summed E-state index contributed by atoms with van der Waals surface area (Å²) >= 11 is 0. The molecule has 3 aromatic rings. The number of hydrogen-bond donors (Lipinski definition) is 0. The van der Waals surface area contributed by atoms with Crippen molar-refractivity contribution in [3.05, 3.63) is 81.7 Å². The Hall–Kier alpha value is -3.82. The maximum absolute atomic E-state index is 13.0. The molecule has 0 bridgehead atoms. The highest BCUT2D eigenvalue weighted by Crippen LogP contribution is 2.31. The van der Waals surface area contributed by atoms with Gasteiger partial charge in [0.1, 0.15) is 0 Å². The molecule has 2 aromatic carbocycles. The number of nitro benzene ring substituents is 1. The number of halogens is 3. The fourth-order valence-electron chi connectivity index (χ4n) is 3.97. The molecule has 0 aliphatic carbocycles. The van der Waals surface area contributed by atoms with Crippen molar-refractivity contribution in [1.82, 2.24) is 9.97 Å². The zero-order chi connectivity index (χ0) is 24.3. The maximum Gasteiger partial charge on any atom is 0.416 e. The second-order valence-corrected chi connectivity index (χ2v) is 8.10. The summed E-state index contributed by atoms with van der Waals surface area (Å²) in [5.74, 6) is -0.374. The van der Waals surface area contributed by atoms with Crippen LogP contribution in [0.25, 0.3) is 11.4 Å². The van der Waals surface area contributed by atoms with Gasteiger partial charge in [0.2, 0.25) is 0 Å². The molecule has 34 heavy (non-hydrogen) atoms. The Kier molecular flexibility index (Phi) is 6.58. The minimum absolute atomic E-state index is 0.00929. The quantitative estimate of drug-likeness (QED) is 0.269. The first kappa shape index (κ1) is 23.3. The van der Waals surface area contributed by atoms with Gasteiger partial charge < -0.3 is 4.90 Å². The minimum Gasteiger partial charge on any atom is -0.372 e. The largest absolute Gasteiger partial charge is 0.416 e. The van der Waals surface area contributed by atoms with Crippen molar-refractivity contribution >= 4 is 17.2 Å². The number of nitrogens with zero attached hydrogens (tertiary/aromatic N) is 4. The fraction of sp³-hybridized carbons (Fsp3) is 0.292. The maximum atomic E-state index is 13.0. The molecule has 1 aromatic heterocycles. The molecule has 0 N–H and O–H groups in total. The Bertz CT molecular complexity index is 1210. The predicted octanol–water partition coefficient (Wildman–Crippen LogP) is 5.49. The lowest BCUT2D eigenvalue weighted by atomic mass is 10.0. The van der Waals surface area contributed by atoms with E-state index in [0.29, 0.717) is 5.56 Å². The molecular formula is C24H21F3N4O3. The van der Waals surface area contributed by atoms with Gasteiger partial charge in [-0.1, -0.05) is 12.1 Å². The first-order chi connectivity index (χ1) is 16.2. The first-order valence-electron chi connectivity index (χ1n) is 10.8. The summed E-state index contributed by atoms with van der Waals surface area (Å²) < 4.78 is 38.9. The van der Waals surface area contributed by atoms with Gasteiger partial charge in [0.15, 0.2) is 11.6 Å². The van der Waals surface area contributed by atoms with E-state index >= 15 is 0 Å². The average molecular weight is 470 g/mol. The Labute approximate surface area is 193 Å². The van der Waals surface area contributed by atoms with Crippen LogP contribution < -0.4 is 4.90 Å². The number of rotatable bonds is 6. The zero-order valence-electron chi connectivity index (χ0n) is 18.1. The van der Waals surface area contributed by atoms with Crippen molar-refractivity contribution in [2.45, 2.75) is 31.9 Å².